The fourth-order valence-electron chi connectivity index (χ4n) is 3.32. The molecule has 0 saturated carbocycles. The Bertz CT molecular complexity index is 727. The molecule has 3 nitrogen and oxygen atoms in total. The van der Waals surface area contributed by atoms with Crippen molar-refractivity contribution in [1.29, 1.82) is 0 Å². The van der Waals surface area contributed by atoms with E-state index in [4.69, 9.17) is 0 Å². The minimum atomic E-state index is -0.357. The number of piperidine rings is 1. The molecule has 25 heavy (non-hydrogen) atoms. The van der Waals surface area contributed by atoms with E-state index in [0.717, 1.165) is 24.8 Å². The van der Waals surface area contributed by atoms with Crippen LogP contribution in [0.25, 0.3) is 0 Å². The molecule has 0 radical (unpaired) electrons. The predicted octanol–water partition coefficient (Wildman–Crippen LogP) is 3.88. The van der Waals surface area contributed by atoms with E-state index >= 15 is 0 Å². The van der Waals surface area contributed by atoms with Gasteiger partial charge in [-0.25, -0.2) is 4.39 Å². The number of nitrogens with zero attached hydrogens (tertiary/aromatic N) is 1. The van der Waals surface area contributed by atoms with Gasteiger partial charge in [0, 0.05) is 31.0 Å². The van der Waals surface area contributed by atoms with Crippen LogP contribution in [-0.4, -0.2) is 29.7 Å². The standard InChI is InChI=1S/C21H22FNO2/c22-19-11-9-17(10-12-19)21(25)23-14-4-7-18(15-23)20(24)13-8-16-5-2-1-3-6-16/h1-3,5-6,9-12,18H,4,7-8,13-15H2/t18-/m0/s1. The van der Waals surface area contributed by atoms with Crippen LogP contribution in [0.1, 0.15) is 35.2 Å². The second kappa shape index (κ2) is 8.06. The number of carbonyl (C=O) groups is 2. The molecule has 0 unspecified atom stereocenters. The Labute approximate surface area is 147 Å². The molecule has 1 amide bonds. The second-order valence-corrected chi connectivity index (χ2v) is 6.55. The van der Waals surface area contributed by atoms with E-state index in [9.17, 15) is 14.0 Å². The summed E-state index contributed by atoms with van der Waals surface area (Å²) in [6.45, 7) is 1.11. The number of Topliss-reactive ketones (excluding diaryl/α,β-unsaturated/α-hetero) is 1. The van der Waals surface area contributed by atoms with Gasteiger partial charge in [0.2, 0.25) is 0 Å². The number of hydrogen-bond donors (Lipinski definition) is 0. The highest BCUT2D eigenvalue weighted by Gasteiger charge is 2.28. The highest BCUT2D eigenvalue weighted by molar-refractivity contribution is 5.94. The molecule has 1 aliphatic heterocycles. The third-order valence-corrected chi connectivity index (χ3v) is 4.76. The lowest BCUT2D eigenvalue weighted by atomic mass is 9.90. The minimum Gasteiger partial charge on any atom is -0.338 e. The van der Waals surface area contributed by atoms with Crippen LogP contribution >= 0.6 is 0 Å². The Morgan fingerprint density at radius 3 is 2.48 bits per heavy atom. The third-order valence-electron chi connectivity index (χ3n) is 4.76. The molecule has 1 atom stereocenters. The molecule has 130 valence electrons. The van der Waals surface area contributed by atoms with Crippen LogP contribution in [-0.2, 0) is 11.2 Å². The summed E-state index contributed by atoms with van der Waals surface area (Å²) < 4.78 is 13.0. The van der Waals surface area contributed by atoms with Crippen LogP contribution in [0.4, 0.5) is 4.39 Å². The van der Waals surface area contributed by atoms with E-state index in [2.05, 4.69) is 0 Å². The zero-order chi connectivity index (χ0) is 17.6. The number of amides is 1. The molecule has 0 aliphatic carbocycles. The van der Waals surface area contributed by atoms with Gasteiger partial charge in [0.15, 0.2) is 0 Å². The van der Waals surface area contributed by atoms with Gasteiger partial charge in [0.25, 0.3) is 5.91 Å². The number of rotatable bonds is 5. The first-order chi connectivity index (χ1) is 12.1. The lowest BCUT2D eigenvalue weighted by Crippen LogP contribution is -2.42. The summed E-state index contributed by atoms with van der Waals surface area (Å²) in [4.78, 5) is 26.8. The molecule has 4 heteroatoms. The number of benzene rings is 2. The molecule has 1 saturated heterocycles. The summed E-state index contributed by atoms with van der Waals surface area (Å²) in [7, 11) is 0. The van der Waals surface area contributed by atoms with E-state index in [-0.39, 0.29) is 23.4 Å². The van der Waals surface area contributed by atoms with Crippen molar-refractivity contribution in [2.75, 3.05) is 13.1 Å². The van der Waals surface area contributed by atoms with Gasteiger partial charge in [-0.3, -0.25) is 9.59 Å². The average molecular weight is 339 g/mol. The number of halogens is 1. The highest BCUT2D eigenvalue weighted by Crippen LogP contribution is 2.21. The van der Waals surface area contributed by atoms with E-state index < -0.39 is 0 Å². The molecule has 0 aromatic heterocycles. The summed E-state index contributed by atoms with van der Waals surface area (Å²) in [5.74, 6) is -0.355. The van der Waals surface area contributed by atoms with Gasteiger partial charge in [-0.15, -0.1) is 0 Å². The van der Waals surface area contributed by atoms with Gasteiger partial charge in [-0.2, -0.15) is 0 Å². The SMILES string of the molecule is O=C(CCc1ccccc1)[C@H]1CCCN(C(=O)c2ccc(F)cc2)C1. The van der Waals surface area contributed by atoms with Crippen molar-refractivity contribution < 1.29 is 14.0 Å². The van der Waals surface area contributed by atoms with Crippen molar-refractivity contribution in [2.24, 2.45) is 5.92 Å². The summed E-state index contributed by atoms with van der Waals surface area (Å²) in [6, 6.07) is 15.5. The van der Waals surface area contributed by atoms with Crippen molar-refractivity contribution in [2.45, 2.75) is 25.7 Å². The van der Waals surface area contributed by atoms with Crippen LogP contribution in [0.5, 0.6) is 0 Å². The van der Waals surface area contributed by atoms with Crippen molar-refractivity contribution in [3.63, 3.8) is 0 Å². The van der Waals surface area contributed by atoms with Gasteiger partial charge in [-0.05, 0) is 49.1 Å². The molecule has 2 aromatic rings. The van der Waals surface area contributed by atoms with Crippen LogP contribution in [0.15, 0.2) is 54.6 Å². The summed E-state index contributed by atoms with van der Waals surface area (Å²) in [6.07, 6.45) is 2.91. The molecule has 2 aromatic carbocycles. The Morgan fingerprint density at radius 2 is 1.76 bits per heavy atom. The topological polar surface area (TPSA) is 37.4 Å². The summed E-state index contributed by atoms with van der Waals surface area (Å²) >= 11 is 0. The molecule has 0 N–H and O–H groups in total. The molecule has 0 bridgehead atoms. The quantitative estimate of drug-likeness (QED) is 0.829. The van der Waals surface area contributed by atoms with E-state index in [1.165, 1.54) is 24.3 Å². The zero-order valence-electron chi connectivity index (χ0n) is 14.2. The maximum absolute atomic E-state index is 13.0. The summed E-state index contributed by atoms with van der Waals surface area (Å²) in [5, 5.41) is 0. The Balaban J connectivity index is 1.57. The van der Waals surface area contributed by atoms with Crippen LogP contribution in [0, 0.1) is 11.7 Å². The van der Waals surface area contributed by atoms with Crippen molar-refractivity contribution in [3.8, 4) is 0 Å². The van der Waals surface area contributed by atoms with Crippen LogP contribution < -0.4 is 0 Å². The van der Waals surface area contributed by atoms with Crippen LogP contribution in [0.3, 0.4) is 0 Å². The first kappa shape index (κ1) is 17.3. The van der Waals surface area contributed by atoms with Crippen LogP contribution in [0.2, 0.25) is 0 Å². The molecular formula is C21H22FNO2. The number of hydrogen-bond acceptors (Lipinski definition) is 2. The largest absolute Gasteiger partial charge is 0.338 e. The van der Waals surface area contributed by atoms with Gasteiger partial charge in [-0.1, -0.05) is 30.3 Å². The normalized spacial score (nSPS) is 17.3. The fraction of sp³-hybridized carbons (Fsp3) is 0.333. The first-order valence-corrected chi connectivity index (χ1v) is 8.75. The third kappa shape index (κ3) is 4.53. The second-order valence-electron chi connectivity index (χ2n) is 6.55. The minimum absolute atomic E-state index is 0.0955. The van der Waals surface area contributed by atoms with E-state index in [0.29, 0.717) is 25.1 Å². The molecule has 0 spiro atoms. The number of carbonyl (C=O) groups excluding carboxylic acids is 2. The maximum Gasteiger partial charge on any atom is 0.253 e. The van der Waals surface area contributed by atoms with Gasteiger partial charge < -0.3 is 4.90 Å². The zero-order valence-corrected chi connectivity index (χ0v) is 14.2. The molecular weight excluding hydrogens is 317 g/mol. The molecule has 1 heterocycles. The first-order valence-electron chi connectivity index (χ1n) is 8.75. The molecule has 1 aliphatic rings. The Morgan fingerprint density at radius 1 is 1.04 bits per heavy atom. The maximum atomic E-state index is 13.0. The van der Waals surface area contributed by atoms with E-state index in [1.54, 1.807) is 4.90 Å². The lowest BCUT2D eigenvalue weighted by molar-refractivity contribution is -0.124. The van der Waals surface area contributed by atoms with Gasteiger partial charge in [0.05, 0.1) is 0 Å². The number of aryl methyl sites for hydroxylation is 1. The van der Waals surface area contributed by atoms with E-state index in [1.807, 2.05) is 30.3 Å². The number of likely N-dealkylation sites (tertiary alicyclic amines) is 1. The summed E-state index contributed by atoms with van der Waals surface area (Å²) in [5.41, 5.74) is 1.63. The monoisotopic (exact) mass is 339 g/mol. The molecule has 3 rings (SSSR count). The van der Waals surface area contributed by atoms with Crippen molar-refractivity contribution in [3.05, 3.63) is 71.5 Å². The van der Waals surface area contributed by atoms with Gasteiger partial charge in [0.1, 0.15) is 11.6 Å². The average Bonchev–Trinajstić information content (AvgIpc) is 2.67. The Hall–Kier alpha value is -2.49. The Kier molecular flexibility index (Phi) is 5.59. The predicted molar refractivity (Wildman–Crippen MR) is 94.8 cm³/mol. The number of ketones is 1. The van der Waals surface area contributed by atoms with Crippen molar-refractivity contribution >= 4 is 11.7 Å². The fourth-order valence-corrected chi connectivity index (χ4v) is 3.32. The smallest absolute Gasteiger partial charge is 0.253 e. The highest BCUT2D eigenvalue weighted by atomic mass is 19.1. The molecule has 1 fully saturated rings. The van der Waals surface area contributed by atoms with Gasteiger partial charge >= 0.3 is 0 Å². The van der Waals surface area contributed by atoms with Crippen molar-refractivity contribution in [1.82, 2.24) is 4.90 Å². The lowest BCUT2D eigenvalue weighted by Gasteiger charge is -2.32.